The van der Waals surface area contributed by atoms with E-state index in [0.29, 0.717) is 22.8 Å². The highest BCUT2D eigenvalue weighted by Gasteiger charge is 2.59. The third kappa shape index (κ3) is 2.73. The summed E-state index contributed by atoms with van der Waals surface area (Å²) in [4.78, 5) is 19.3. The van der Waals surface area contributed by atoms with Crippen LogP contribution in [0.5, 0.6) is 0 Å². The highest BCUT2D eigenvalue weighted by molar-refractivity contribution is 9.10. The summed E-state index contributed by atoms with van der Waals surface area (Å²) in [5.74, 6) is -0.294. The Morgan fingerprint density at radius 2 is 2.00 bits per heavy atom. The van der Waals surface area contributed by atoms with Crippen molar-refractivity contribution in [2.24, 2.45) is 0 Å². The average molecular weight is 455 g/mol. The minimum Gasteiger partial charge on any atom is -0.370 e. The van der Waals surface area contributed by atoms with Crippen LogP contribution in [0.4, 0.5) is 10.1 Å². The van der Waals surface area contributed by atoms with Crippen molar-refractivity contribution in [3.05, 3.63) is 70.1 Å². The van der Waals surface area contributed by atoms with E-state index in [4.69, 9.17) is 4.74 Å². The molecule has 2 aliphatic rings. The van der Waals surface area contributed by atoms with Gasteiger partial charge >= 0.3 is 0 Å². The lowest BCUT2D eigenvalue weighted by molar-refractivity contribution is -0.137. The summed E-state index contributed by atoms with van der Waals surface area (Å²) >= 11 is 3.28. The molecular formula is C23H20BrFN2O2. The van der Waals surface area contributed by atoms with E-state index >= 15 is 0 Å². The molecule has 148 valence electrons. The molecule has 1 unspecified atom stereocenters. The number of rotatable bonds is 3. The van der Waals surface area contributed by atoms with Gasteiger partial charge in [-0.3, -0.25) is 9.78 Å². The molecule has 5 rings (SSSR count). The molecule has 0 N–H and O–H groups in total. The first-order valence-corrected chi connectivity index (χ1v) is 10.5. The number of amides is 1. The van der Waals surface area contributed by atoms with E-state index in [1.54, 1.807) is 24.2 Å². The summed E-state index contributed by atoms with van der Waals surface area (Å²) < 4.78 is 20.7. The minimum atomic E-state index is -0.621. The van der Waals surface area contributed by atoms with Gasteiger partial charge in [-0.1, -0.05) is 30.3 Å². The van der Waals surface area contributed by atoms with Gasteiger partial charge in [0.1, 0.15) is 5.82 Å². The Hall–Kier alpha value is -2.31. The van der Waals surface area contributed by atoms with Crippen molar-refractivity contribution >= 4 is 38.4 Å². The number of anilines is 1. The lowest BCUT2D eigenvalue weighted by atomic mass is 9.62. The number of fused-ring (bicyclic) bond motifs is 4. The first kappa shape index (κ1) is 18.7. The largest absolute Gasteiger partial charge is 0.370 e. The number of nitrogens with zero attached hydrogens (tertiary/aromatic N) is 2. The van der Waals surface area contributed by atoms with E-state index in [9.17, 15) is 9.18 Å². The molecule has 0 bridgehead atoms. The van der Waals surface area contributed by atoms with Crippen molar-refractivity contribution in [2.45, 2.75) is 37.4 Å². The smallest absolute Gasteiger partial charge is 0.237 e. The fourth-order valence-electron chi connectivity index (χ4n) is 4.76. The van der Waals surface area contributed by atoms with E-state index < -0.39 is 5.41 Å². The number of hydrogen-bond donors (Lipinski definition) is 0. The van der Waals surface area contributed by atoms with Gasteiger partial charge in [0.05, 0.1) is 39.5 Å². The second-order valence-electron chi connectivity index (χ2n) is 7.97. The van der Waals surface area contributed by atoms with E-state index in [1.807, 2.05) is 37.3 Å². The number of benzene rings is 2. The van der Waals surface area contributed by atoms with Crippen LogP contribution in [0.3, 0.4) is 0 Å². The van der Waals surface area contributed by atoms with Crippen molar-refractivity contribution in [2.75, 3.05) is 11.9 Å². The number of carbonyl (C=O) groups excluding carboxylic acids is 1. The summed E-state index contributed by atoms with van der Waals surface area (Å²) in [5.41, 5.74) is 2.81. The molecule has 2 heterocycles. The van der Waals surface area contributed by atoms with Crippen molar-refractivity contribution in [3.63, 3.8) is 0 Å². The molecule has 1 aliphatic carbocycles. The molecule has 4 nitrogen and oxygen atoms in total. The van der Waals surface area contributed by atoms with Crippen molar-refractivity contribution in [3.8, 4) is 0 Å². The maximum Gasteiger partial charge on any atom is 0.237 e. The fraction of sp³-hybridized carbons (Fsp3) is 0.304. The Morgan fingerprint density at radius 1 is 1.28 bits per heavy atom. The highest BCUT2D eigenvalue weighted by atomic mass is 79.9. The maximum absolute atomic E-state index is 14.0. The minimum absolute atomic E-state index is 0.000565. The summed E-state index contributed by atoms with van der Waals surface area (Å²) in [5, 5.41) is 0.822. The van der Waals surface area contributed by atoms with Gasteiger partial charge in [-0.05, 0) is 47.3 Å². The molecule has 1 atom stereocenters. The van der Waals surface area contributed by atoms with Crippen LogP contribution in [-0.2, 0) is 14.9 Å². The average Bonchev–Trinajstić information content (AvgIpc) is 2.92. The van der Waals surface area contributed by atoms with Crippen LogP contribution < -0.4 is 4.90 Å². The molecule has 1 aliphatic heterocycles. The second-order valence-corrected chi connectivity index (χ2v) is 8.82. The first-order chi connectivity index (χ1) is 13.9. The molecule has 0 radical (unpaired) electrons. The van der Waals surface area contributed by atoms with E-state index in [-0.39, 0.29) is 23.9 Å². The predicted molar refractivity (Wildman–Crippen MR) is 113 cm³/mol. The van der Waals surface area contributed by atoms with Crippen molar-refractivity contribution in [1.82, 2.24) is 4.98 Å². The van der Waals surface area contributed by atoms with Crippen molar-refractivity contribution < 1.29 is 13.9 Å². The summed E-state index contributed by atoms with van der Waals surface area (Å²) in [7, 11) is 1.78. The zero-order valence-electron chi connectivity index (χ0n) is 16.2. The van der Waals surface area contributed by atoms with Gasteiger partial charge in [0.25, 0.3) is 0 Å². The molecular weight excluding hydrogens is 435 g/mol. The van der Waals surface area contributed by atoms with Crippen LogP contribution in [0.25, 0.3) is 10.9 Å². The van der Waals surface area contributed by atoms with Crippen LogP contribution in [-0.4, -0.2) is 24.0 Å². The Morgan fingerprint density at radius 3 is 2.72 bits per heavy atom. The molecule has 1 aromatic heterocycles. The molecule has 29 heavy (non-hydrogen) atoms. The van der Waals surface area contributed by atoms with Gasteiger partial charge in [0.2, 0.25) is 5.91 Å². The summed E-state index contributed by atoms with van der Waals surface area (Å²) in [6.07, 6.45) is 2.88. The third-order valence-electron chi connectivity index (χ3n) is 6.26. The Balaban J connectivity index is 1.49. The predicted octanol–water partition coefficient (Wildman–Crippen LogP) is 5.29. The molecule has 1 fully saturated rings. The number of hydrogen-bond acceptors (Lipinski definition) is 3. The van der Waals surface area contributed by atoms with Crippen LogP contribution >= 0.6 is 15.9 Å². The topological polar surface area (TPSA) is 42.4 Å². The van der Waals surface area contributed by atoms with E-state index in [0.717, 1.165) is 22.2 Å². The first-order valence-electron chi connectivity index (χ1n) is 9.67. The molecule has 1 amide bonds. The van der Waals surface area contributed by atoms with Gasteiger partial charge in [0.15, 0.2) is 0 Å². The Labute approximate surface area is 176 Å². The number of halogens is 2. The highest BCUT2D eigenvalue weighted by Crippen LogP contribution is 2.56. The van der Waals surface area contributed by atoms with Gasteiger partial charge in [-0.2, -0.15) is 0 Å². The summed E-state index contributed by atoms with van der Waals surface area (Å²) in [6.45, 7) is 2.04. The second kappa shape index (κ2) is 6.61. The maximum atomic E-state index is 14.0. The van der Waals surface area contributed by atoms with Crippen LogP contribution in [0.1, 0.15) is 37.0 Å². The normalized spacial score (nSPS) is 24.1. The Bertz CT molecular complexity index is 1130. The monoisotopic (exact) mass is 454 g/mol. The van der Waals surface area contributed by atoms with E-state index in [1.165, 1.54) is 6.07 Å². The standard InChI is InChI=1S/C23H20BrFN2O2/c1-13(14-6-4-3-5-7-14)29-15-10-23(11-15)21-16-8-17(24)18(25)9-19(16)26-12-20(21)27(2)22(23)28/h3-9,12-13,15H,10-11H2,1-2H3/t13?,15-,23+. The number of pyridine rings is 1. The van der Waals surface area contributed by atoms with Crippen LogP contribution in [0, 0.1) is 5.82 Å². The fourth-order valence-corrected chi connectivity index (χ4v) is 5.10. The van der Waals surface area contributed by atoms with Gasteiger partial charge in [0, 0.05) is 24.1 Å². The van der Waals surface area contributed by atoms with E-state index in [2.05, 4.69) is 20.9 Å². The lowest BCUT2D eigenvalue weighted by Crippen LogP contribution is -2.52. The summed E-state index contributed by atoms with van der Waals surface area (Å²) in [6, 6.07) is 13.2. The number of carbonyl (C=O) groups is 1. The molecule has 1 spiro atoms. The zero-order valence-corrected chi connectivity index (χ0v) is 17.7. The molecule has 3 aromatic rings. The number of likely N-dealkylation sites (N-methyl/N-ethyl adjacent to an activating group) is 1. The van der Waals surface area contributed by atoms with Gasteiger partial charge in [-0.25, -0.2) is 4.39 Å². The molecule has 0 saturated heterocycles. The SMILES string of the molecule is CC(O[C@H]1C[C@]2(C1)C(=O)N(C)c1cnc3cc(F)c(Br)cc3c12)c1ccccc1. The van der Waals surface area contributed by atoms with Crippen LogP contribution in [0.15, 0.2) is 53.1 Å². The van der Waals surface area contributed by atoms with Crippen molar-refractivity contribution in [1.29, 1.82) is 0 Å². The number of ether oxygens (including phenoxy) is 1. The quantitative estimate of drug-likeness (QED) is 0.539. The lowest BCUT2D eigenvalue weighted by Gasteiger charge is -2.44. The van der Waals surface area contributed by atoms with Crippen LogP contribution in [0.2, 0.25) is 0 Å². The zero-order chi connectivity index (χ0) is 20.3. The molecule has 2 aromatic carbocycles. The van der Waals surface area contributed by atoms with Gasteiger partial charge < -0.3 is 9.64 Å². The Kier molecular flexibility index (Phi) is 4.26. The third-order valence-corrected chi connectivity index (χ3v) is 6.87. The number of aromatic nitrogens is 1. The molecule has 6 heteroatoms. The van der Waals surface area contributed by atoms with Gasteiger partial charge in [-0.15, -0.1) is 0 Å². The molecule has 1 saturated carbocycles.